The van der Waals surface area contributed by atoms with Gasteiger partial charge in [-0.25, -0.2) is 19.7 Å². The molecule has 158 valence electrons. The van der Waals surface area contributed by atoms with E-state index in [2.05, 4.69) is 15.0 Å². The summed E-state index contributed by atoms with van der Waals surface area (Å²) in [6.07, 6.45) is 3.22. The first-order chi connectivity index (χ1) is 14.2. The lowest BCUT2D eigenvalue weighted by molar-refractivity contribution is 0.0687. The van der Waals surface area contributed by atoms with Crippen LogP contribution in [0, 0.1) is 0 Å². The summed E-state index contributed by atoms with van der Waals surface area (Å²) >= 11 is 1.28. The second-order valence-corrected chi connectivity index (χ2v) is 8.88. The number of nitrogens with zero attached hydrogens (tertiary/aromatic N) is 6. The third kappa shape index (κ3) is 3.69. The fourth-order valence-corrected chi connectivity index (χ4v) is 4.27. The van der Waals surface area contributed by atoms with Crippen LogP contribution in [0.15, 0.2) is 24.5 Å². The van der Waals surface area contributed by atoms with Gasteiger partial charge < -0.3 is 15.1 Å². The van der Waals surface area contributed by atoms with Gasteiger partial charge in [-0.15, -0.1) is 0 Å². The van der Waals surface area contributed by atoms with Gasteiger partial charge >= 0.3 is 6.03 Å². The zero-order valence-electron chi connectivity index (χ0n) is 17.3. The van der Waals surface area contributed by atoms with Crippen LogP contribution in [-0.2, 0) is 5.60 Å². The Labute approximate surface area is 178 Å². The number of aromatic nitrogens is 3. The zero-order chi connectivity index (χ0) is 21.6. The molecule has 0 unspecified atom stereocenters. The Morgan fingerprint density at radius 1 is 1.17 bits per heavy atom. The molecule has 9 nitrogen and oxygen atoms in total. The van der Waals surface area contributed by atoms with E-state index in [1.807, 2.05) is 24.9 Å². The highest BCUT2D eigenvalue weighted by Gasteiger charge is 2.31. The van der Waals surface area contributed by atoms with Crippen LogP contribution in [0.5, 0.6) is 5.75 Å². The van der Waals surface area contributed by atoms with Crippen molar-refractivity contribution in [1.82, 2.24) is 24.8 Å². The number of rotatable bonds is 4. The number of aromatic hydroxyl groups is 1. The van der Waals surface area contributed by atoms with Gasteiger partial charge in [-0.2, -0.15) is 0 Å². The monoisotopic (exact) mass is 428 g/mol. The summed E-state index contributed by atoms with van der Waals surface area (Å²) in [5, 5.41) is 21.2. The molecule has 0 bridgehead atoms. The number of phenols is 1. The van der Waals surface area contributed by atoms with Crippen molar-refractivity contribution in [2.24, 2.45) is 0 Å². The van der Waals surface area contributed by atoms with E-state index in [1.165, 1.54) is 11.3 Å². The first kappa shape index (κ1) is 20.5. The number of fused-ring (bicyclic) bond motifs is 1. The van der Waals surface area contributed by atoms with Gasteiger partial charge in [0.25, 0.3) is 0 Å². The number of hydrogen-bond donors (Lipinski definition) is 2. The fraction of sp³-hybridized carbons (Fsp3) is 0.400. The molecule has 0 atom stereocenters. The maximum Gasteiger partial charge on any atom is 0.328 e. The molecule has 0 spiro atoms. The largest absolute Gasteiger partial charge is 0.506 e. The van der Waals surface area contributed by atoms with E-state index in [0.29, 0.717) is 52.2 Å². The third-order valence-electron chi connectivity index (χ3n) is 4.90. The summed E-state index contributed by atoms with van der Waals surface area (Å²) in [6.45, 7) is 6.81. The van der Waals surface area contributed by atoms with Gasteiger partial charge in [0.05, 0.1) is 23.6 Å². The summed E-state index contributed by atoms with van der Waals surface area (Å²) in [6, 6.07) is 3.38. The Morgan fingerprint density at radius 3 is 2.50 bits per heavy atom. The van der Waals surface area contributed by atoms with E-state index in [-0.39, 0.29) is 11.8 Å². The van der Waals surface area contributed by atoms with Gasteiger partial charge in [-0.05, 0) is 45.5 Å². The molecule has 1 aromatic carbocycles. The van der Waals surface area contributed by atoms with E-state index < -0.39 is 5.60 Å². The molecular formula is C20H24N6O3S. The number of thiazole rings is 1. The van der Waals surface area contributed by atoms with Crippen LogP contribution < -0.4 is 4.90 Å². The van der Waals surface area contributed by atoms with Crippen LogP contribution in [0.2, 0.25) is 0 Å². The predicted octanol–water partition coefficient (Wildman–Crippen LogP) is 2.80. The van der Waals surface area contributed by atoms with Gasteiger partial charge in [-0.1, -0.05) is 11.3 Å². The highest BCUT2D eigenvalue weighted by Crippen LogP contribution is 2.39. The van der Waals surface area contributed by atoms with E-state index in [9.17, 15) is 15.0 Å². The molecule has 2 aromatic heterocycles. The highest BCUT2D eigenvalue weighted by molar-refractivity contribution is 7.22. The Bertz CT molecular complexity index is 1090. The van der Waals surface area contributed by atoms with Gasteiger partial charge in [0, 0.05) is 24.5 Å². The lowest BCUT2D eigenvalue weighted by Crippen LogP contribution is -2.56. The van der Waals surface area contributed by atoms with Crippen LogP contribution in [0.4, 0.5) is 9.93 Å². The molecule has 0 saturated carbocycles. The van der Waals surface area contributed by atoms with Crippen molar-refractivity contribution < 1.29 is 15.0 Å². The van der Waals surface area contributed by atoms with Gasteiger partial charge in [0.1, 0.15) is 11.4 Å². The Kier molecular flexibility index (Phi) is 5.08. The molecule has 1 fully saturated rings. The molecule has 0 radical (unpaired) electrons. The second-order valence-electron chi connectivity index (χ2n) is 7.90. The summed E-state index contributed by atoms with van der Waals surface area (Å²) in [7, 11) is 1.95. The van der Waals surface area contributed by atoms with Crippen molar-refractivity contribution in [2.75, 3.05) is 31.8 Å². The van der Waals surface area contributed by atoms with Crippen LogP contribution in [0.25, 0.3) is 21.3 Å². The molecular weight excluding hydrogens is 404 g/mol. The molecule has 3 heterocycles. The summed E-state index contributed by atoms with van der Waals surface area (Å²) in [5.74, 6) is 0.406. The number of carbonyl (C=O) groups is 1. The zero-order valence-corrected chi connectivity index (χ0v) is 18.1. The lowest BCUT2D eigenvalue weighted by Gasteiger charge is -2.38. The minimum Gasteiger partial charge on any atom is -0.506 e. The molecule has 0 aliphatic carbocycles. The number of carbonyl (C=O) groups excluding carboxylic acids is 1. The summed E-state index contributed by atoms with van der Waals surface area (Å²) in [4.78, 5) is 31.2. The first-order valence-corrected chi connectivity index (χ1v) is 10.4. The highest BCUT2D eigenvalue weighted by atomic mass is 32.1. The number of phenolic OH excluding ortho intramolecular Hbond substituents is 1. The van der Waals surface area contributed by atoms with Crippen molar-refractivity contribution in [3.8, 4) is 16.9 Å². The third-order valence-corrected chi connectivity index (χ3v) is 6.02. The maximum absolute atomic E-state index is 12.8. The first-order valence-electron chi connectivity index (χ1n) is 9.61. The molecule has 30 heavy (non-hydrogen) atoms. The molecule has 2 N–H and O–H groups in total. The minimum absolute atomic E-state index is 0.0861. The van der Waals surface area contributed by atoms with E-state index >= 15 is 0 Å². The van der Waals surface area contributed by atoms with Gasteiger partial charge in [-0.3, -0.25) is 9.80 Å². The minimum atomic E-state index is -1.13. The van der Waals surface area contributed by atoms with Crippen molar-refractivity contribution >= 4 is 32.7 Å². The molecule has 4 rings (SSSR count). The van der Waals surface area contributed by atoms with Gasteiger partial charge in [0.2, 0.25) is 0 Å². The molecule has 1 saturated heterocycles. The molecule has 2 amide bonds. The van der Waals surface area contributed by atoms with E-state index in [1.54, 1.807) is 42.1 Å². The van der Waals surface area contributed by atoms with Crippen molar-refractivity contribution in [2.45, 2.75) is 26.4 Å². The number of amides is 2. The quantitative estimate of drug-likeness (QED) is 0.658. The number of urea groups is 1. The molecule has 3 aromatic rings. The number of aliphatic hydroxyl groups is 1. The SMILES string of the molecule is CCN1CN(C)CN(c2nc3cc(-c4cnc(C(C)(C)O)nc4)cc(O)c3s2)C1=O. The normalized spacial score (nSPS) is 16.0. The van der Waals surface area contributed by atoms with Crippen LogP contribution in [-0.4, -0.2) is 67.9 Å². The second kappa shape index (κ2) is 7.46. The Hall–Kier alpha value is -2.82. The van der Waals surface area contributed by atoms with Crippen molar-refractivity contribution in [1.29, 1.82) is 0 Å². The predicted molar refractivity (Wildman–Crippen MR) is 115 cm³/mol. The molecule has 10 heteroatoms. The standard InChI is InChI=1S/C20H24N6O3S/c1-5-25-10-24(4)11-26(19(25)28)18-23-14-6-12(7-15(27)16(14)30-18)13-8-21-17(22-9-13)20(2,3)29/h6-9,27,29H,5,10-11H2,1-4H3. The fourth-order valence-electron chi connectivity index (χ4n) is 3.33. The summed E-state index contributed by atoms with van der Waals surface area (Å²) < 4.78 is 0.617. The van der Waals surface area contributed by atoms with Gasteiger partial charge in [0.15, 0.2) is 11.0 Å². The van der Waals surface area contributed by atoms with E-state index in [4.69, 9.17) is 0 Å². The van der Waals surface area contributed by atoms with Crippen molar-refractivity contribution in [3.05, 3.63) is 30.4 Å². The smallest absolute Gasteiger partial charge is 0.328 e. The Balaban J connectivity index is 1.71. The average molecular weight is 429 g/mol. The average Bonchev–Trinajstić information content (AvgIpc) is 3.13. The van der Waals surface area contributed by atoms with Crippen molar-refractivity contribution in [3.63, 3.8) is 0 Å². The number of hydrogen-bond acceptors (Lipinski definition) is 8. The van der Waals surface area contributed by atoms with Crippen LogP contribution in [0.1, 0.15) is 26.6 Å². The lowest BCUT2D eigenvalue weighted by atomic mass is 10.1. The summed E-state index contributed by atoms with van der Waals surface area (Å²) in [5.41, 5.74) is 0.868. The maximum atomic E-state index is 12.8. The molecule has 1 aliphatic heterocycles. The molecule has 1 aliphatic rings. The van der Waals surface area contributed by atoms with E-state index in [0.717, 1.165) is 0 Å². The number of anilines is 1. The van der Waals surface area contributed by atoms with Crippen LogP contribution in [0.3, 0.4) is 0 Å². The topological polar surface area (TPSA) is 106 Å². The Morgan fingerprint density at radius 2 is 1.87 bits per heavy atom. The van der Waals surface area contributed by atoms with Crippen LogP contribution >= 0.6 is 11.3 Å². The number of benzene rings is 1.